The van der Waals surface area contributed by atoms with E-state index in [0.717, 1.165) is 49.4 Å². The van der Waals surface area contributed by atoms with Gasteiger partial charge in [-0.2, -0.15) is 8.42 Å². The number of benzene rings is 1. The van der Waals surface area contributed by atoms with Crippen molar-refractivity contribution >= 4 is 27.6 Å². The van der Waals surface area contributed by atoms with E-state index >= 15 is 0 Å². The van der Waals surface area contributed by atoms with Gasteiger partial charge in [-0.3, -0.25) is 0 Å². The summed E-state index contributed by atoms with van der Waals surface area (Å²) in [4.78, 5) is 11.0. The molecule has 1 aromatic heterocycles. The van der Waals surface area contributed by atoms with Gasteiger partial charge in [0.25, 0.3) is 10.2 Å². The number of halogens is 1. The Bertz CT molecular complexity index is 854. The average Bonchev–Trinajstić information content (AvgIpc) is 2.61. The molecule has 1 aliphatic heterocycles. The van der Waals surface area contributed by atoms with E-state index in [1.807, 2.05) is 30.3 Å². The van der Waals surface area contributed by atoms with Crippen LogP contribution in [0, 0.1) is 5.92 Å². The Morgan fingerprint density at radius 1 is 1.23 bits per heavy atom. The highest BCUT2D eigenvalue weighted by Gasteiger charge is 2.20. The summed E-state index contributed by atoms with van der Waals surface area (Å²) in [5.41, 5.74) is 1.81. The largest absolute Gasteiger partial charge is 0.356 e. The SMILES string of the molecule is NS(=O)(=O)NCCC1CCN(c2cc(-c3cccc(Cl)c3)ncn2)CC1. The first-order valence-corrected chi connectivity index (χ1v) is 10.4. The van der Waals surface area contributed by atoms with Crippen molar-refractivity contribution in [2.75, 3.05) is 24.5 Å². The molecule has 26 heavy (non-hydrogen) atoms. The highest BCUT2D eigenvalue weighted by molar-refractivity contribution is 7.87. The first kappa shape index (κ1) is 19.0. The number of nitrogens with zero attached hydrogens (tertiary/aromatic N) is 3. The normalized spacial score (nSPS) is 16.0. The fourth-order valence-corrected chi connectivity index (χ4v) is 3.77. The Morgan fingerprint density at radius 2 is 2.00 bits per heavy atom. The number of piperidine rings is 1. The number of nitrogens with two attached hydrogens (primary N) is 1. The third kappa shape index (κ3) is 5.38. The Kier molecular flexibility index (Phi) is 6.08. The molecule has 0 saturated carbocycles. The predicted octanol–water partition coefficient (Wildman–Crippen LogP) is 2.20. The van der Waals surface area contributed by atoms with Crippen LogP contribution in [0.4, 0.5) is 5.82 Å². The molecular formula is C17H22ClN5O2S. The van der Waals surface area contributed by atoms with Crippen molar-refractivity contribution < 1.29 is 8.42 Å². The van der Waals surface area contributed by atoms with Gasteiger partial charge >= 0.3 is 0 Å². The summed E-state index contributed by atoms with van der Waals surface area (Å²) in [6, 6.07) is 9.58. The lowest BCUT2D eigenvalue weighted by molar-refractivity contribution is 0.380. The molecule has 0 atom stereocenters. The van der Waals surface area contributed by atoms with Gasteiger partial charge in [0.15, 0.2) is 0 Å². The second-order valence-corrected chi connectivity index (χ2v) is 8.25. The van der Waals surface area contributed by atoms with Crippen LogP contribution in [0.5, 0.6) is 0 Å². The molecule has 9 heteroatoms. The molecule has 0 amide bonds. The molecule has 140 valence electrons. The Morgan fingerprint density at radius 3 is 2.69 bits per heavy atom. The number of anilines is 1. The van der Waals surface area contributed by atoms with Crippen LogP contribution < -0.4 is 14.8 Å². The van der Waals surface area contributed by atoms with E-state index in [0.29, 0.717) is 17.5 Å². The molecule has 2 aromatic rings. The van der Waals surface area contributed by atoms with Gasteiger partial charge in [0.2, 0.25) is 0 Å². The number of hydrogen-bond acceptors (Lipinski definition) is 5. The Balaban J connectivity index is 1.59. The summed E-state index contributed by atoms with van der Waals surface area (Å²) in [5.74, 6) is 1.38. The van der Waals surface area contributed by atoms with E-state index in [2.05, 4.69) is 19.6 Å². The van der Waals surface area contributed by atoms with E-state index in [-0.39, 0.29) is 0 Å². The molecule has 3 rings (SSSR count). The summed E-state index contributed by atoms with van der Waals surface area (Å²) in [7, 11) is -3.60. The average molecular weight is 396 g/mol. The van der Waals surface area contributed by atoms with Crippen LogP contribution in [-0.2, 0) is 10.2 Å². The summed E-state index contributed by atoms with van der Waals surface area (Å²) < 4.78 is 24.2. The fourth-order valence-electron chi connectivity index (χ4n) is 3.18. The molecule has 0 radical (unpaired) electrons. The van der Waals surface area contributed by atoms with Crippen molar-refractivity contribution in [1.29, 1.82) is 0 Å². The molecule has 0 bridgehead atoms. The topological polar surface area (TPSA) is 101 Å². The zero-order valence-corrected chi connectivity index (χ0v) is 15.9. The second kappa shape index (κ2) is 8.30. The molecule has 0 aliphatic carbocycles. The number of nitrogens with one attached hydrogen (secondary N) is 1. The molecular weight excluding hydrogens is 374 g/mol. The minimum absolute atomic E-state index is 0.385. The van der Waals surface area contributed by atoms with Crippen molar-refractivity contribution in [2.24, 2.45) is 11.1 Å². The van der Waals surface area contributed by atoms with Crippen LogP contribution in [0.1, 0.15) is 19.3 Å². The van der Waals surface area contributed by atoms with E-state index in [4.69, 9.17) is 16.7 Å². The highest BCUT2D eigenvalue weighted by atomic mass is 35.5. The molecule has 2 heterocycles. The van der Waals surface area contributed by atoms with Crippen molar-refractivity contribution in [3.05, 3.63) is 41.7 Å². The Labute approximate surface area is 158 Å². The van der Waals surface area contributed by atoms with Gasteiger partial charge in [0, 0.05) is 36.3 Å². The maximum atomic E-state index is 10.9. The molecule has 3 N–H and O–H groups in total. The van der Waals surface area contributed by atoms with E-state index < -0.39 is 10.2 Å². The quantitative estimate of drug-likeness (QED) is 0.780. The minimum atomic E-state index is -3.60. The van der Waals surface area contributed by atoms with Crippen LogP contribution in [0.15, 0.2) is 36.7 Å². The van der Waals surface area contributed by atoms with Gasteiger partial charge in [-0.1, -0.05) is 23.7 Å². The summed E-state index contributed by atoms with van der Waals surface area (Å²) in [6.45, 7) is 2.15. The van der Waals surface area contributed by atoms with Crippen LogP contribution in [-0.4, -0.2) is 38.0 Å². The maximum absolute atomic E-state index is 10.9. The fraction of sp³-hybridized carbons (Fsp3) is 0.412. The lowest BCUT2D eigenvalue weighted by Crippen LogP contribution is -2.36. The van der Waals surface area contributed by atoms with Gasteiger partial charge in [0.1, 0.15) is 12.1 Å². The molecule has 1 saturated heterocycles. The predicted molar refractivity (Wildman–Crippen MR) is 103 cm³/mol. The third-order valence-electron chi connectivity index (χ3n) is 4.57. The molecule has 1 aromatic carbocycles. The van der Waals surface area contributed by atoms with Gasteiger partial charge in [-0.25, -0.2) is 19.8 Å². The summed E-state index contributed by atoms with van der Waals surface area (Å²) >= 11 is 6.06. The lowest BCUT2D eigenvalue weighted by atomic mass is 9.93. The van der Waals surface area contributed by atoms with Crippen molar-refractivity contribution in [3.63, 3.8) is 0 Å². The van der Waals surface area contributed by atoms with Crippen LogP contribution in [0.3, 0.4) is 0 Å². The lowest BCUT2D eigenvalue weighted by Gasteiger charge is -2.32. The van der Waals surface area contributed by atoms with Gasteiger partial charge in [0.05, 0.1) is 5.69 Å². The standard InChI is InChI=1S/C17H22ClN5O2S/c18-15-3-1-2-14(10-15)16-11-17(21-12-20-16)23-8-5-13(6-9-23)4-7-22-26(19,24)25/h1-3,10-13,22H,4-9H2,(H2,19,24,25). The monoisotopic (exact) mass is 395 g/mol. The number of rotatable bonds is 6. The highest BCUT2D eigenvalue weighted by Crippen LogP contribution is 2.27. The molecule has 0 unspecified atom stereocenters. The van der Waals surface area contributed by atoms with Crippen molar-refractivity contribution in [3.8, 4) is 11.3 Å². The third-order valence-corrected chi connectivity index (χ3v) is 5.41. The molecule has 0 spiro atoms. The minimum Gasteiger partial charge on any atom is -0.356 e. The first-order valence-electron chi connectivity index (χ1n) is 8.51. The van der Waals surface area contributed by atoms with E-state index in [1.54, 1.807) is 6.33 Å². The van der Waals surface area contributed by atoms with Crippen LogP contribution in [0.2, 0.25) is 5.02 Å². The first-order chi connectivity index (χ1) is 12.4. The molecule has 1 fully saturated rings. The summed E-state index contributed by atoms with van der Waals surface area (Å²) in [5, 5.41) is 5.63. The zero-order valence-electron chi connectivity index (χ0n) is 14.3. The zero-order chi connectivity index (χ0) is 18.6. The molecule has 1 aliphatic rings. The van der Waals surface area contributed by atoms with E-state index in [1.165, 1.54) is 0 Å². The Hall–Kier alpha value is -1.74. The van der Waals surface area contributed by atoms with Crippen molar-refractivity contribution in [1.82, 2.24) is 14.7 Å². The van der Waals surface area contributed by atoms with Gasteiger partial charge in [-0.05, 0) is 37.3 Å². The molecule has 7 nitrogen and oxygen atoms in total. The smallest absolute Gasteiger partial charge is 0.274 e. The van der Waals surface area contributed by atoms with Crippen LogP contribution >= 0.6 is 11.6 Å². The number of hydrogen-bond donors (Lipinski definition) is 2. The number of aromatic nitrogens is 2. The van der Waals surface area contributed by atoms with Crippen molar-refractivity contribution in [2.45, 2.75) is 19.3 Å². The summed E-state index contributed by atoms with van der Waals surface area (Å²) in [6.07, 6.45) is 4.35. The second-order valence-electron chi connectivity index (χ2n) is 6.43. The van der Waals surface area contributed by atoms with E-state index in [9.17, 15) is 8.42 Å². The van der Waals surface area contributed by atoms with Gasteiger partial charge < -0.3 is 4.90 Å². The maximum Gasteiger partial charge on any atom is 0.274 e. The van der Waals surface area contributed by atoms with Gasteiger partial charge in [-0.15, -0.1) is 0 Å². The van der Waals surface area contributed by atoms with Crippen LogP contribution in [0.25, 0.3) is 11.3 Å².